The first kappa shape index (κ1) is 27.9. The van der Waals surface area contributed by atoms with E-state index in [2.05, 4.69) is 169 Å². The van der Waals surface area contributed by atoms with Gasteiger partial charge in [-0.25, -0.2) is 0 Å². The summed E-state index contributed by atoms with van der Waals surface area (Å²) in [6, 6.07) is 63.3. The predicted molar refractivity (Wildman–Crippen MR) is 210 cm³/mol. The molecule has 0 spiro atoms. The highest BCUT2D eigenvalue weighted by Gasteiger charge is 2.20. The van der Waals surface area contributed by atoms with Crippen LogP contribution in [0.3, 0.4) is 0 Å². The number of para-hydroxylation sites is 1. The van der Waals surface area contributed by atoms with E-state index in [4.69, 9.17) is 4.42 Å². The third-order valence-corrected chi connectivity index (χ3v) is 10.9. The smallest absolute Gasteiger partial charge is 0.135 e. The van der Waals surface area contributed by atoms with Crippen molar-refractivity contribution in [2.24, 2.45) is 0 Å². The Balaban J connectivity index is 1.15. The molecule has 0 radical (unpaired) electrons. The van der Waals surface area contributed by atoms with E-state index in [0.29, 0.717) is 0 Å². The molecule has 0 saturated carbocycles. The maximum absolute atomic E-state index is 6.11. The summed E-state index contributed by atoms with van der Waals surface area (Å²) in [7, 11) is 0. The molecule has 2 nitrogen and oxygen atoms in total. The van der Waals surface area contributed by atoms with Gasteiger partial charge in [0, 0.05) is 37.6 Å². The summed E-state index contributed by atoms with van der Waals surface area (Å²) in [6.07, 6.45) is 0. The quantitative estimate of drug-likeness (QED) is 0.186. The zero-order valence-electron chi connectivity index (χ0n) is 26.5. The first-order valence-electron chi connectivity index (χ1n) is 16.6. The number of hydrogen-bond acceptors (Lipinski definition) is 3. The van der Waals surface area contributed by atoms with Crippen LogP contribution in [-0.2, 0) is 0 Å². The summed E-state index contributed by atoms with van der Waals surface area (Å²) in [6.45, 7) is 0. The molecule has 0 saturated heterocycles. The highest BCUT2D eigenvalue weighted by atomic mass is 32.1. The van der Waals surface area contributed by atoms with Crippen molar-refractivity contribution in [1.29, 1.82) is 0 Å². The second-order valence-corrected chi connectivity index (χ2v) is 13.5. The number of rotatable bonds is 5. The fraction of sp³-hybridized carbons (Fsp3) is 0. The van der Waals surface area contributed by atoms with Gasteiger partial charge in [0.1, 0.15) is 11.2 Å². The average molecular weight is 644 g/mol. The van der Waals surface area contributed by atoms with Crippen LogP contribution in [0.5, 0.6) is 0 Å². The van der Waals surface area contributed by atoms with Crippen molar-refractivity contribution in [3.05, 3.63) is 176 Å². The van der Waals surface area contributed by atoms with Crippen molar-refractivity contribution in [2.75, 3.05) is 4.90 Å². The molecule has 0 unspecified atom stereocenters. The fourth-order valence-electron chi connectivity index (χ4n) is 7.28. The first-order chi connectivity index (χ1) is 24.3. The van der Waals surface area contributed by atoms with Gasteiger partial charge in [-0.3, -0.25) is 0 Å². The molecule has 10 rings (SSSR count). The molecule has 0 bridgehead atoms. The zero-order chi connectivity index (χ0) is 32.3. The molecule has 2 aromatic heterocycles. The summed E-state index contributed by atoms with van der Waals surface area (Å²) >= 11 is 1.88. The van der Waals surface area contributed by atoms with Crippen molar-refractivity contribution in [3.8, 4) is 22.3 Å². The molecule has 3 heteroatoms. The Morgan fingerprint density at radius 1 is 0.388 bits per heavy atom. The van der Waals surface area contributed by atoms with Crippen LogP contribution in [0, 0.1) is 0 Å². The molecule has 0 aliphatic heterocycles. The molecular formula is C46H29NOS. The fourth-order valence-corrected chi connectivity index (χ4v) is 8.62. The van der Waals surface area contributed by atoms with Gasteiger partial charge >= 0.3 is 0 Å². The molecule has 0 fully saturated rings. The average Bonchev–Trinajstić information content (AvgIpc) is 3.74. The maximum Gasteiger partial charge on any atom is 0.135 e. The summed E-state index contributed by atoms with van der Waals surface area (Å²) in [4.78, 5) is 2.42. The number of fused-ring (bicyclic) bond motifs is 7. The SMILES string of the molecule is c1ccc(-c2cccc3c2sc2c(N(c4ccc(-c5ccc6oc7ccccc7c6c5)cc4)c4ccc5ccccc5c4)cccc23)cc1. The first-order valence-corrected chi connectivity index (χ1v) is 17.4. The second-order valence-electron chi connectivity index (χ2n) is 12.5. The molecule has 230 valence electrons. The van der Waals surface area contributed by atoms with Crippen LogP contribution in [0.15, 0.2) is 180 Å². The third-order valence-electron chi connectivity index (χ3n) is 9.66. The van der Waals surface area contributed by atoms with E-state index < -0.39 is 0 Å². The summed E-state index contributed by atoms with van der Waals surface area (Å²) in [5.74, 6) is 0. The van der Waals surface area contributed by atoms with E-state index in [-0.39, 0.29) is 0 Å². The van der Waals surface area contributed by atoms with E-state index in [1.165, 1.54) is 58.9 Å². The van der Waals surface area contributed by atoms with Crippen molar-refractivity contribution >= 4 is 81.3 Å². The van der Waals surface area contributed by atoms with Gasteiger partial charge in [-0.2, -0.15) is 0 Å². The highest BCUT2D eigenvalue weighted by Crippen LogP contribution is 2.47. The normalized spacial score (nSPS) is 11.7. The van der Waals surface area contributed by atoms with Gasteiger partial charge in [-0.05, 0) is 81.6 Å². The van der Waals surface area contributed by atoms with E-state index >= 15 is 0 Å². The molecular weight excluding hydrogens is 615 g/mol. The van der Waals surface area contributed by atoms with Gasteiger partial charge in [0.2, 0.25) is 0 Å². The van der Waals surface area contributed by atoms with Crippen LogP contribution in [-0.4, -0.2) is 0 Å². The topological polar surface area (TPSA) is 16.4 Å². The predicted octanol–water partition coefficient (Wildman–Crippen LogP) is 13.9. The Kier molecular flexibility index (Phi) is 6.39. The number of nitrogens with zero attached hydrogens (tertiary/aromatic N) is 1. The number of thiophene rings is 1. The van der Waals surface area contributed by atoms with Crippen LogP contribution in [0.25, 0.3) is 75.1 Å². The maximum atomic E-state index is 6.11. The van der Waals surface area contributed by atoms with Gasteiger partial charge in [0.05, 0.1) is 10.4 Å². The Morgan fingerprint density at radius 3 is 1.94 bits per heavy atom. The molecule has 2 heterocycles. The summed E-state index contributed by atoms with van der Waals surface area (Å²) < 4.78 is 8.69. The van der Waals surface area contributed by atoms with E-state index in [0.717, 1.165) is 33.3 Å². The van der Waals surface area contributed by atoms with Gasteiger partial charge < -0.3 is 9.32 Å². The van der Waals surface area contributed by atoms with Crippen LogP contribution in [0.4, 0.5) is 17.1 Å². The minimum Gasteiger partial charge on any atom is -0.456 e. The number of hydrogen-bond donors (Lipinski definition) is 0. The van der Waals surface area contributed by atoms with E-state index in [9.17, 15) is 0 Å². The van der Waals surface area contributed by atoms with Crippen molar-refractivity contribution in [1.82, 2.24) is 0 Å². The van der Waals surface area contributed by atoms with Gasteiger partial charge in [0.25, 0.3) is 0 Å². The lowest BCUT2D eigenvalue weighted by Gasteiger charge is -2.26. The molecule has 0 aliphatic rings. The number of benzene rings is 8. The number of anilines is 3. The van der Waals surface area contributed by atoms with Crippen molar-refractivity contribution in [2.45, 2.75) is 0 Å². The molecule has 49 heavy (non-hydrogen) atoms. The molecule has 10 aromatic rings. The lowest BCUT2D eigenvalue weighted by atomic mass is 10.0. The Morgan fingerprint density at radius 2 is 1.06 bits per heavy atom. The Labute approximate surface area is 287 Å². The lowest BCUT2D eigenvalue weighted by Crippen LogP contribution is -2.10. The van der Waals surface area contributed by atoms with Crippen molar-refractivity contribution < 1.29 is 4.42 Å². The summed E-state index contributed by atoms with van der Waals surface area (Å²) in [5, 5.41) is 7.30. The third kappa shape index (κ3) is 4.62. The van der Waals surface area contributed by atoms with E-state index in [1.807, 2.05) is 23.5 Å². The second kappa shape index (κ2) is 11.2. The van der Waals surface area contributed by atoms with Gasteiger partial charge in [0.15, 0.2) is 0 Å². The minimum absolute atomic E-state index is 0.913. The highest BCUT2D eigenvalue weighted by molar-refractivity contribution is 7.27. The molecule has 0 aliphatic carbocycles. The standard InChI is InChI=1S/C46H29NOS/c1-2-11-32(12-3-1)37-15-8-16-39-40-17-9-18-42(46(40)49-45(37)39)47(36-26-22-30-10-4-5-13-33(30)28-36)35-24-20-31(21-25-35)34-23-27-44-41(29-34)38-14-6-7-19-43(38)48-44/h1-29H. The monoisotopic (exact) mass is 643 g/mol. The zero-order valence-corrected chi connectivity index (χ0v) is 27.3. The van der Waals surface area contributed by atoms with Crippen LogP contribution >= 0.6 is 11.3 Å². The largest absolute Gasteiger partial charge is 0.456 e. The minimum atomic E-state index is 0.913. The molecule has 0 N–H and O–H groups in total. The number of furan rings is 1. The Hall–Kier alpha value is -6.16. The molecule has 8 aromatic carbocycles. The van der Waals surface area contributed by atoms with Crippen LogP contribution in [0.1, 0.15) is 0 Å². The summed E-state index contributed by atoms with van der Waals surface area (Å²) in [5.41, 5.74) is 10.1. The van der Waals surface area contributed by atoms with Gasteiger partial charge in [-0.15, -0.1) is 11.3 Å². The van der Waals surface area contributed by atoms with Crippen LogP contribution < -0.4 is 4.90 Å². The van der Waals surface area contributed by atoms with Crippen molar-refractivity contribution in [3.63, 3.8) is 0 Å². The lowest BCUT2D eigenvalue weighted by molar-refractivity contribution is 0.669. The van der Waals surface area contributed by atoms with Gasteiger partial charge in [-0.1, -0.05) is 127 Å². The molecule has 0 amide bonds. The Bertz CT molecular complexity index is 2830. The van der Waals surface area contributed by atoms with E-state index in [1.54, 1.807) is 0 Å². The van der Waals surface area contributed by atoms with Crippen LogP contribution in [0.2, 0.25) is 0 Å². The molecule has 0 atom stereocenters.